The first kappa shape index (κ1) is 5.52. The number of hydrogen-bond donors (Lipinski definition) is 0. The van der Waals surface area contributed by atoms with Crippen molar-refractivity contribution >= 4 is 19.9 Å². The van der Waals surface area contributed by atoms with E-state index >= 15 is 0 Å². The molecule has 0 aliphatic heterocycles. The van der Waals surface area contributed by atoms with Crippen LogP contribution in [0.15, 0.2) is 0 Å². The Morgan fingerprint density at radius 2 is 2.00 bits per heavy atom. The fraction of sp³-hybridized carbons (Fsp3) is 1.00. The van der Waals surface area contributed by atoms with Crippen molar-refractivity contribution in [2.75, 3.05) is 3.39 Å². The van der Waals surface area contributed by atoms with Crippen molar-refractivity contribution in [3.63, 3.8) is 0 Å². The third kappa shape index (κ3) is 3.52. The minimum absolute atomic E-state index is 0.779. The van der Waals surface area contributed by atoms with Crippen LogP contribution in [0.5, 0.6) is 0 Å². The van der Waals surface area contributed by atoms with Crippen LogP contribution in [-0.2, 0) is 23.3 Å². The molecule has 0 aromatic rings. The summed E-state index contributed by atoms with van der Waals surface area (Å²) in [5.74, 6) is 0. The van der Waals surface area contributed by atoms with Crippen molar-refractivity contribution in [2.24, 2.45) is 0 Å². The zero-order valence-corrected chi connectivity index (χ0v) is 9.18. The maximum absolute atomic E-state index is 5.28. The molecule has 0 N–H and O–H groups in total. The predicted molar refractivity (Wildman–Crippen MR) is 16.6 cm³/mol. The Hall–Kier alpha value is 1.52. The van der Waals surface area contributed by atoms with Gasteiger partial charge in [-0.25, -0.2) is 0 Å². The van der Waals surface area contributed by atoms with Gasteiger partial charge in [0.1, 0.15) is 0 Å². The van der Waals surface area contributed by atoms with Gasteiger partial charge in [0.25, 0.3) is 0 Å². The van der Waals surface area contributed by atoms with E-state index in [4.69, 9.17) is 19.9 Å². The van der Waals surface area contributed by atoms with E-state index in [1.807, 2.05) is 0 Å². The summed E-state index contributed by atoms with van der Waals surface area (Å²) in [7, 11) is 5.28. The van der Waals surface area contributed by atoms with Gasteiger partial charge in [-0.05, 0) is 0 Å². The second-order valence-corrected chi connectivity index (χ2v) is 9.95. The van der Waals surface area contributed by atoms with Crippen LogP contribution in [0.1, 0.15) is 0 Å². The molecule has 0 amide bonds. The molecule has 0 heterocycles. The molecular formula is CH2Cl2Hg. The second-order valence-electron chi connectivity index (χ2n) is 0.378. The molecule has 0 saturated heterocycles. The number of rotatable bonds is 1. The van der Waals surface area contributed by atoms with E-state index in [1.54, 1.807) is 0 Å². The van der Waals surface area contributed by atoms with Crippen molar-refractivity contribution in [1.29, 1.82) is 0 Å². The van der Waals surface area contributed by atoms with E-state index < -0.39 is 23.3 Å². The molecule has 4 heavy (non-hydrogen) atoms. The molecule has 0 aliphatic carbocycles. The zero-order chi connectivity index (χ0) is 3.41. The molecule has 0 atom stereocenters. The van der Waals surface area contributed by atoms with Gasteiger partial charge in [-0.2, -0.15) is 0 Å². The van der Waals surface area contributed by atoms with E-state index in [9.17, 15) is 0 Å². The van der Waals surface area contributed by atoms with Gasteiger partial charge in [0.2, 0.25) is 0 Å². The van der Waals surface area contributed by atoms with Crippen LogP contribution in [0.3, 0.4) is 0 Å². The van der Waals surface area contributed by atoms with Gasteiger partial charge in [-0.15, -0.1) is 0 Å². The van der Waals surface area contributed by atoms with E-state index in [0.717, 1.165) is 3.39 Å². The van der Waals surface area contributed by atoms with Gasteiger partial charge >= 0.3 is 46.6 Å². The molecule has 0 aromatic carbocycles. The van der Waals surface area contributed by atoms with Crippen LogP contribution in [0.25, 0.3) is 0 Å². The summed E-state index contributed by atoms with van der Waals surface area (Å²) in [6.07, 6.45) is 0. The number of alkyl halides is 1. The molecule has 22 valence electrons. The third-order valence-corrected chi connectivity index (χ3v) is 5.64. The molecule has 0 saturated carbocycles. The van der Waals surface area contributed by atoms with Crippen molar-refractivity contribution in [1.82, 2.24) is 0 Å². The molecule has 0 fully saturated rings. The van der Waals surface area contributed by atoms with Gasteiger partial charge in [-0.1, -0.05) is 0 Å². The summed E-state index contributed by atoms with van der Waals surface area (Å²) in [5.41, 5.74) is 0. The van der Waals surface area contributed by atoms with Crippen molar-refractivity contribution in [3.8, 4) is 0 Å². The summed E-state index contributed by atoms with van der Waals surface area (Å²) < 4.78 is 0.779. The minimum atomic E-state index is -0.875. The van der Waals surface area contributed by atoms with Crippen LogP contribution in [0.2, 0.25) is 0 Å². The van der Waals surface area contributed by atoms with Crippen LogP contribution < -0.4 is 0 Å². The fourth-order valence-corrected chi connectivity index (χ4v) is 0. The Morgan fingerprint density at radius 3 is 2.00 bits per heavy atom. The zero-order valence-electron chi connectivity index (χ0n) is 2.17. The molecule has 0 unspecified atom stereocenters. The van der Waals surface area contributed by atoms with Crippen LogP contribution >= 0.6 is 19.9 Å². The summed E-state index contributed by atoms with van der Waals surface area (Å²) >= 11 is 4.28. The van der Waals surface area contributed by atoms with Crippen molar-refractivity contribution < 1.29 is 23.3 Å². The normalized spacial score (nSPS) is 5.50. The fourth-order valence-electron chi connectivity index (χ4n) is 0. The molecular weight excluding hydrogens is 284 g/mol. The van der Waals surface area contributed by atoms with Gasteiger partial charge < -0.3 is 0 Å². The first-order valence-electron chi connectivity index (χ1n) is 1.03. The van der Waals surface area contributed by atoms with Crippen molar-refractivity contribution in [3.05, 3.63) is 0 Å². The molecule has 0 radical (unpaired) electrons. The molecule has 0 nitrogen and oxygen atoms in total. The van der Waals surface area contributed by atoms with Gasteiger partial charge in [-0.3, -0.25) is 0 Å². The van der Waals surface area contributed by atoms with Crippen LogP contribution in [-0.4, -0.2) is 3.39 Å². The first-order valence-corrected chi connectivity index (χ1v) is 12.2. The molecule has 0 bridgehead atoms. The summed E-state index contributed by atoms with van der Waals surface area (Å²) in [6, 6.07) is 0. The number of halogens is 2. The second kappa shape index (κ2) is 4.52. The van der Waals surface area contributed by atoms with E-state index in [2.05, 4.69) is 0 Å². The Bertz CT molecular complexity index is 8.00. The van der Waals surface area contributed by atoms with Gasteiger partial charge in [0.15, 0.2) is 0 Å². The number of hydrogen-bond acceptors (Lipinski definition) is 0. The summed E-state index contributed by atoms with van der Waals surface area (Å²) in [6.45, 7) is 0. The average molecular weight is 286 g/mol. The Balaban J connectivity index is 1.97. The Morgan fingerprint density at radius 1 is 1.75 bits per heavy atom. The van der Waals surface area contributed by atoms with Crippen LogP contribution in [0, 0.1) is 0 Å². The van der Waals surface area contributed by atoms with Crippen molar-refractivity contribution in [2.45, 2.75) is 0 Å². The average Bonchev–Trinajstić information content (AvgIpc) is 1.37. The molecule has 0 aliphatic rings. The Kier molecular flexibility index (Phi) is 6.23. The Labute approximate surface area is 46.3 Å². The molecule has 0 rings (SSSR count). The first-order chi connectivity index (χ1) is 1.91. The van der Waals surface area contributed by atoms with Crippen LogP contribution in [0.4, 0.5) is 0 Å². The molecule has 0 spiro atoms. The standard InChI is InChI=1S/CH2Cl.ClH.Hg/c1-2;;/h1H2;1H;/q;;+1/p-1. The van der Waals surface area contributed by atoms with E-state index in [-0.39, 0.29) is 0 Å². The van der Waals surface area contributed by atoms with Gasteiger partial charge in [0, 0.05) is 0 Å². The summed E-state index contributed by atoms with van der Waals surface area (Å²) in [5, 5.41) is 0. The maximum atomic E-state index is 5.28. The SMILES string of the molecule is Cl[CH2][Hg][Cl]. The topological polar surface area (TPSA) is 0 Å². The third-order valence-electron chi connectivity index (χ3n) is 0.0714. The predicted octanol–water partition coefficient (Wildman–Crippen LogP) is 1.42. The molecule has 0 aromatic heterocycles. The van der Waals surface area contributed by atoms with E-state index in [1.165, 1.54) is 0 Å². The quantitative estimate of drug-likeness (QED) is 0.505. The monoisotopic (exact) mass is 286 g/mol. The molecule has 3 heteroatoms. The van der Waals surface area contributed by atoms with E-state index in [0.29, 0.717) is 0 Å². The summed E-state index contributed by atoms with van der Waals surface area (Å²) in [4.78, 5) is 0. The van der Waals surface area contributed by atoms with Gasteiger partial charge in [0.05, 0.1) is 0 Å².